The number of aliphatic hydroxyl groups is 1. The van der Waals surface area contributed by atoms with Crippen molar-refractivity contribution in [3.05, 3.63) is 35.9 Å². The van der Waals surface area contributed by atoms with E-state index in [0.717, 1.165) is 25.7 Å². The van der Waals surface area contributed by atoms with E-state index in [9.17, 15) is 9.59 Å². The van der Waals surface area contributed by atoms with E-state index in [2.05, 4.69) is 42.4 Å². The third-order valence-corrected chi connectivity index (χ3v) is 2.60. The van der Waals surface area contributed by atoms with Crippen LogP contribution in [-0.2, 0) is 19.1 Å². The molecule has 26 heavy (non-hydrogen) atoms. The van der Waals surface area contributed by atoms with Crippen molar-refractivity contribution in [1.29, 1.82) is 0 Å². The van der Waals surface area contributed by atoms with Crippen molar-refractivity contribution in [1.82, 2.24) is 0 Å². The Kier molecular flexibility index (Phi) is 28.2. The zero-order valence-corrected chi connectivity index (χ0v) is 17.4. The molecule has 5 nitrogen and oxygen atoms in total. The Morgan fingerprint density at radius 3 is 1.58 bits per heavy atom. The molecule has 1 rings (SSSR count). The molecular formula is C21H38O5. The van der Waals surface area contributed by atoms with Crippen molar-refractivity contribution in [3.63, 3.8) is 0 Å². The third kappa shape index (κ3) is 38.0. The lowest BCUT2D eigenvalue weighted by Crippen LogP contribution is -1.99. The molecule has 5 heteroatoms. The summed E-state index contributed by atoms with van der Waals surface area (Å²) in [4.78, 5) is 19.9. The molecule has 0 atom stereocenters. The van der Waals surface area contributed by atoms with Gasteiger partial charge in [-0.05, 0) is 26.7 Å². The average Bonchev–Trinajstić information content (AvgIpc) is 2.58. The van der Waals surface area contributed by atoms with E-state index < -0.39 is 0 Å². The number of aliphatic hydroxyl groups excluding tert-OH is 1. The lowest BCUT2D eigenvalue weighted by molar-refractivity contribution is -0.141. The van der Waals surface area contributed by atoms with Crippen LogP contribution in [0.2, 0.25) is 0 Å². The van der Waals surface area contributed by atoms with Gasteiger partial charge in [-0.3, -0.25) is 9.59 Å². The number of esters is 2. The summed E-state index contributed by atoms with van der Waals surface area (Å²) >= 11 is 0. The molecule has 152 valence electrons. The summed E-state index contributed by atoms with van der Waals surface area (Å²) in [6.45, 7) is 12.2. The van der Waals surface area contributed by atoms with Crippen LogP contribution in [-0.4, -0.2) is 36.9 Å². The first-order chi connectivity index (χ1) is 12.3. The zero-order valence-electron chi connectivity index (χ0n) is 17.4. The summed E-state index contributed by atoms with van der Waals surface area (Å²) < 4.78 is 9.05. The Labute approximate surface area is 159 Å². The van der Waals surface area contributed by atoms with Gasteiger partial charge in [0.25, 0.3) is 0 Å². The molecule has 0 spiro atoms. The smallest absolute Gasteiger partial charge is 0.302 e. The number of carbonyl (C=O) groups is 2. The third-order valence-electron chi connectivity index (χ3n) is 2.60. The van der Waals surface area contributed by atoms with Crippen LogP contribution in [0.25, 0.3) is 0 Å². The van der Waals surface area contributed by atoms with Crippen molar-refractivity contribution in [2.75, 3.05) is 19.8 Å². The number of carbonyl (C=O) groups excluding carboxylic acids is 2. The van der Waals surface area contributed by atoms with Crippen molar-refractivity contribution in [2.24, 2.45) is 0 Å². The Balaban J connectivity index is -0.000000275. The highest BCUT2D eigenvalue weighted by Crippen LogP contribution is 1.92. The lowest BCUT2D eigenvalue weighted by Gasteiger charge is -1.96. The molecule has 0 aromatic heterocycles. The van der Waals surface area contributed by atoms with Crippen LogP contribution in [0.1, 0.15) is 65.9 Å². The molecule has 1 N–H and O–H groups in total. The van der Waals surface area contributed by atoms with Crippen molar-refractivity contribution in [2.45, 2.75) is 67.2 Å². The van der Waals surface area contributed by atoms with Gasteiger partial charge in [-0.2, -0.15) is 0 Å². The summed E-state index contributed by atoms with van der Waals surface area (Å²) in [5.41, 5.74) is 1.32. The van der Waals surface area contributed by atoms with E-state index in [1.807, 2.05) is 18.2 Å². The topological polar surface area (TPSA) is 72.8 Å². The number of hydrogen-bond donors (Lipinski definition) is 1. The minimum atomic E-state index is -0.211. The van der Waals surface area contributed by atoms with Crippen LogP contribution in [0.3, 0.4) is 0 Å². The predicted molar refractivity (Wildman–Crippen MR) is 107 cm³/mol. The fourth-order valence-electron chi connectivity index (χ4n) is 1.26. The number of ether oxygens (including phenoxy) is 2. The number of unbranched alkanes of at least 4 members (excludes halogenated alkanes) is 2. The number of aryl methyl sites for hydroxylation is 1. The highest BCUT2D eigenvalue weighted by atomic mass is 16.5. The van der Waals surface area contributed by atoms with Gasteiger partial charge in [-0.15, -0.1) is 0 Å². The van der Waals surface area contributed by atoms with E-state index >= 15 is 0 Å². The molecule has 0 aliphatic carbocycles. The van der Waals surface area contributed by atoms with Crippen molar-refractivity contribution in [3.8, 4) is 0 Å². The van der Waals surface area contributed by atoms with Crippen LogP contribution in [0.15, 0.2) is 30.3 Å². The van der Waals surface area contributed by atoms with Gasteiger partial charge < -0.3 is 14.6 Å². The van der Waals surface area contributed by atoms with E-state index in [-0.39, 0.29) is 11.9 Å². The van der Waals surface area contributed by atoms with Crippen LogP contribution in [0.4, 0.5) is 0 Å². The van der Waals surface area contributed by atoms with Gasteiger partial charge in [0, 0.05) is 20.5 Å². The average molecular weight is 371 g/mol. The Bertz CT molecular complexity index is 402. The zero-order chi connectivity index (χ0) is 20.6. The molecule has 0 saturated heterocycles. The molecule has 0 radical (unpaired) electrons. The predicted octanol–water partition coefficient (Wildman–Crippen LogP) is 4.69. The van der Waals surface area contributed by atoms with Gasteiger partial charge in [0.05, 0.1) is 13.2 Å². The monoisotopic (exact) mass is 370 g/mol. The molecule has 0 heterocycles. The van der Waals surface area contributed by atoms with Gasteiger partial charge in [-0.1, -0.05) is 62.6 Å². The summed E-state index contributed by atoms with van der Waals surface area (Å²) in [5.74, 6) is -0.393. The maximum absolute atomic E-state index is 10.1. The van der Waals surface area contributed by atoms with Crippen LogP contribution < -0.4 is 0 Å². The first-order valence-corrected chi connectivity index (χ1v) is 9.24. The molecule has 0 amide bonds. The fraction of sp³-hybridized carbons (Fsp3) is 0.619. The number of benzene rings is 1. The quantitative estimate of drug-likeness (QED) is 0.581. The summed E-state index contributed by atoms with van der Waals surface area (Å²) in [7, 11) is 0. The first kappa shape index (κ1) is 28.9. The number of rotatable bonds is 6. The van der Waals surface area contributed by atoms with Gasteiger partial charge >= 0.3 is 11.9 Å². The molecule has 0 fully saturated rings. The minimum absolute atomic E-state index is 0.182. The Morgan fingerprint density at radius 1 is 0.885 bits per heavy atom. The molecule has 0 unspecified atom stereocenters. The van der Waals surface area contributed by atoms with Gasteiger partial charge in [-0.25, -0.2) is 0 Å². The number of hydrogen-bond acceptors (Lipinski definition) is 5. The summed E-state index contributed by atoms with van der Waals surface area (Å²) in [5, 5.41) is 8.07. The molecule has 1 aromatic rings. The molecule has 0 saturated carbocycles. The minimum Gasteiger partial charge on any atom is -0.466 e. The largest absolute Gasteiger partial charge is 0.466 e. The highest BCUT2D eigenvalue weighted by Gasteiger charge is 1.88. The standard InChI is InChI=1S/C7H8.C6H12O2.C4H8O2.C4H10O/c1-7-5-3-2-4-6-7;1-3-4-5-8-6(2)7;1-3-6-4(2)5;1-2-3-4-5/h2-6H,1H3;3-5H2,1-2H3;3H2,1-2H3;5H,2-4H2,1H3. The second kappa shape index (κ2) is 25.4. The van der Waals surface area contributed by atoms with E-state index in [1.165, 1.54) is 19.4 Å². The molecule has 0 aliphatic rings. The Hall–Kier alpha value is -1.88. The van der Waals surface area contributed by atoms with Gasteiger partial charge in [0.2, 0.25) is 0 Å². The summed E-state index contributed by atoms with van der Waals surface area (Å²) in [6.07, 6.45) is 4.09. The SMILES string of the molecule is CCCCO.CCCCOC(C)=O.CCOC(C)=O.Cc1ccccc1. The molecule has 1 aromatic carbocycles. The fourth-order valence-corrected chi connectivity index (χ4v) is 1.26. The van der Waals surface area contributed by atoms with Crippen LogP contribution >= 0.6 is 0 Å². The molecule has 0 bridgehead atoms. The van der Waals surface area contributed by atoms with E-state index in [0.29, 0.717) is 19.8 Å². The van der Waals surface area contributed by atoms with E-state index in [1.54, 1.807) is 6.92 Å². The van der Waals surface area contributed by atoms with Crippen LogP contribution in [0, 0.1) is 6.92 Å². The lowest BCUT2D eigenvalue weighted by atomic mass is 10.2. The van der Waals surface area contributed by atoms with Gasteiger partial charge in [0.15, 0.2) is 0 Å². The van der Waals surface area contributed by atoms with E-state index in [4.69, 9.17) is 5.11 Å². The maximum atomic E-state index is 10.1. The van der Waals surface area contributed by atoms with Crippen molar-refractivity contribution < 1.29 is 24.2 Å². The van der Waals surface area contributed by atoms with Crippen molar-refractivity contribution >= 4 is 11.9 Å². The Morgan fingerprint density at radius 2 is 1.38 bits per heavy atom. The van der Waals surface area contributed by atoms with Crippen LogP contribution in [0.5, 0.6) is 0 Å². The first-order valence-electron chi connectivity index (χ1n) is 9.24. The summed E-state index contributed by atoms with van der Waals surface area (Å²) in [6, 6.07) is 10.3. The normalized spacial score (nSPS) is 8.42. The molecule has 0 aliphatic heterocycles. The maximum Gasteiger partial charge on any atom is 0.302 e. The highest BCUT2D eigenvalue weighted by molar-refractivity contribution is 5.66. The second-order valence-electron chi connectivity index (χ2n) is 5.35. The molecular weight excluding hydrogens is 332 g/mol. The second-order valence-corrected chi connectivity index (χ2v) is 5.35. The van der Waals surface area contributed by atoms with Gasteiger partial charge in [0.1, 0.15) is 0 Å².